The first kappa shape index (κ1) is 14.6. The molecule has 18 heavy (non-hydrogen) atoms. The van der Waals surface area contributed by atoms with Crippen LogP contribution in [0, 0.1) is 0 Å². The fraction of sp³-hybridized carbons (Fsp3) is 0.417. The van der Waals surface area contributed by atoms with E-state index in [0.29, 0.717) is 23.0 Å². The van der Waals surface area contributed by atoms with E-state index in [1.807, 2.05) is 0 Å². The summed E-state index contributed by atoms with van der Waals surface area (Å²) in [6, 6.07) is 3.22. The normalized spacial score (nSPS) is 11.1. The lowest BCUT2D eigenvalue weighted by atomic mass is 9.92. The number of nitrogens with zero attached hydrogens (tertiary/aromatic N) is 1. The Bertz CT molecular complexity index is 441. The number of hydrogen-bond acceptors (Lipinski definition) is 3. The Morgan fingerprint density at radius 3 is 2.39 bits per heavy atom. The van der Waals surface area contributed by atoms with E-state index in [1.165, 1.54) is 6.20 Å². The van der Waals surface area contributed by atoms with E-state index < -0.39 is 17.4 Å². The first-order valence-electron chi connectivity index (χ1n) is 5.62. The van der Waals surface area contributed by atoms with E-state index in [9.17, 15) is 14.7 Å². The van der Waals surface area contributed by atoms with Gasteiger partial charge in [0.05, 0.1) is 5.56 Å². The summed E-state index contributed by atoms with van der Waals surface area (Å²) >= 11 is 3.17. The summed E-state index contributed by atoms with van der Waals surface area (Å²) in [5.41, 5.74) is -0.879. The van der Waals surface area contributed by atoms with E-state index in [0.717, 1.165) is 0 Å². The predicted octanol–water partition coefficient (Wildman–Crippen LogP) is 2.22. The van der Waals surface area contributed by atoms with Crippen molar-refractivity contribution in [3.63, 3.8) is 0 Å². The van der Waals surface area contributed by atoms with Crippen molar-refractivity contribution in [2.75, 3.05) is 0 Å². The molecule has 0 spiro atoms. The van der Waals surface area contributed by atoms with Crippen LogP contribution in [0.3, 0.4) is 0 Å². The molecule has 0 aliphatic heterocycles. The molecule has 98 valence electrons. The molecule has 1 aromatic heterocycles. The van der Waals surface area contributed by atoms with Crippen molar-refractivity contribution in [1.82, 2.24) is 10.3 Å². The number of pyridine rings is 1. The lowest BCUT2D eigenvalue weighted by Gasteiger charge is -2.27. The number of carboxylic acids is 1. The topological polar surface area (TPSA) is 79.3 Å². The van der Waals surface area contributed by atoms with Gasteiger partial charge >= 0.3 is 5.97 Å². The quantitative estimate of drug-likeness (QED) is 0.817. The number of aliphatic carboxylic acids is 1. The summed E-state index contributed by atoms with van der Waals surface area (Å²) < 4.78 is 0.620. The van der Waals surface area contributed by atoms with Crippen LogP contribution in [0.1, 0.15) is 37.0 Å². The van der Waals surface area contributed by atoms with Gasteiger partial charge in [0.1, 0.15) is 10.1 Å². The highest BCUT2D eigenvalue weighted by Gasteiger charge is 2.36. The number of hydrogen-bond donors (Lipinski definition) is 2. The predicted molar refractivity (Wildman–Crippen MR) is 70.4 cm³/mol. The Balaban J connectivity index is 2.91. The van der Waals surface area contributed by atoms with Crippen molar-refractivity contribution < 1.29 is 14.7 Å². The molecule has 5 nitrogen and oxygen atoms in total. The molecule has 0 bridgehead atoms. The highest BCUT2D eigenvalue weighted by Crippen LogP contribution is 2.16. The van der Waals surface area contributed by atoms with Crippen LogP contribution < -0.4 is 5.32 Å². The van der Waals surface area contributed by atoms with E-state index in [1.54, 1.807) is 26.0 Å². The maximum absolute atomic E-state index is 12.0. The Labute approximate surface area is 114 Å². The summed E-state index contributed by atoms with van der Waals surface area (Å²) in [4.78, 5) is 27.2. The minimum absolute atomic E-state index is 0.328. The first-order valence-corrected chi connectivity index (χ1v) is 6.42. The molecule has 1 amide bonds. The Morgan fingerprint density at radius 2 is 2.00 bits per heavy atom. The smallest absolute Gasteiger partial charge is 0.329 e. The number of amides is 1. The van der Waals surface area contributed by atoms with Crippen LogP contribution in [0.2, 0.25) is 0 Å². The molecule has 0 aromatic carbocycles. The fourth-order valence-electron chi connectivity index (χ4n) is 1.58. The largest absolute Gasteiger partial charge is 0.480 e. The first-order chi connectivity index (χ1) is 8.45. The lowest BCUT2D eigenvalue weighted by molar-refractivity contribution is -0.144. The number of rotatable bonds is 5. The van der Waals surface area contributed by atoms with Crippen LogP contribution >= 0.6 is 15.9 Å². The maximum atomic E-state index is 12.0. The second-order valence-corrected chi connectivity index (χ2v) is 4.73. The van der Waals surface area contributed by atoms with Gasteiger partial charge in [-0.3, -0.25) is 4.79 Å². The zero-order valence-electron chi connectivity index (χ0n) is 10.2. The SMILES string of the molecule is CCC(CC)(NC(=O)c1ccc(Br)nc1)C(=O)O. The molecule has 0 radical (unpaired) electrons. The number of nitrogens with one attached hydrogen (secondary N) is 1. The number of carbonyl (C=O) groups excluding carboxylic acids is 1. The average molecular weight is 315 g/mol. The van der Waals surface area contributed by atoms with E-state index >= 15 is 0 Å². The maximum Gasteiger partial charge on any atom is 0.329 e. The van der Waals surface area contributed by atoms with Crippen LogP contribution in [0.15, 0.2) is 22.9 Å². The molecule has 1 heterocycles. The molecular weight excluding hydrogens is 300 g/mol. The van der Waals surface area contributed by atoms with E-state index in [4.69, 9.17) is 0 Å². The van der Waals surface area contributed by atoms with E-state index in [2.05, 4.69) is 26.2 Å². The van der Waals surface area contributed by atoms with Crippen LogP contribution in [-0.4, -0.2) is 27.5 Å². The molecule has 0 aliphatic rings. The van der Waals surface area contributed by atoms with Gasteiger partial charge in [0.15, 0.2) is 0 Å². The summed E-state index contributed by atoms with van der Waals surface area (Å²) in [5, 5.41) is 11.8. The van der Waals surface area contributed by atoms with Crippen LogP contribution in [0.5, 0.6) is 0 Å². The highest BCUT2D eigenvalue weighted by atomic mass is 79.9. The second kappa shape index (κ2) is 5.95. The number of carboxylic acid groups (broad SMARTS) is 1. The van der Waals surface area contributed by atoms with Crippen LogP contribution in [0.25, 0.3) is 0 Å². The molecular formula is C12H15BrN2O3. The van der Waals surface area contributed by atoms with Gasteiger partial charge in [-0.05, 0) is 40.9 Å². The van der Waals surface area contributed by atoms with E-state index in [-0.39, 0.29) is 0 Å². The molecule has 0 aliphatic carbocycles. The number of aromatic nitrogens is 1. The van der Waals surface area contributed by atoms with Gasteiger partial charge in [0.2, 0.25) is 0 Å². The minimum atomic E-state index is -1.22. The van der Waals surface area contributed by atoms with Crippen molar-refractivity contribution in [3.8, 4) is 0 Å². The molecule has 1 rings (SSSR count). The molecule has 0 saturated heterocycles. The monoisotopic (exact) mass is 314 g/mol. The number of carbonyl (C=O) groups is 2. The van der Waals surface area contributed by atoms with Crippen molar-refractivity contribution in [1.29, 1.82) is 0 Å². The Hall–Kier alpha value is -1.43. The van der Waals surface area contributed by atoms with Gasteiger partial charge in [0, 0.05) is 6.20 Å². The Kier molecular flexibility index (Phi) is 4.84. The zero-order valence-corrected chi connectivity index (χ0v) is 11.8. The third kappa shape index (κ3) is 3.07. The third-order valence-corrected chi connectivity index (χ3v) is 3.43. The van der Waals surface area contributed by atoms with Crippen molar-refractivity contribution in [2.45, 2.75) is 32.2 Å². The fourth-order valence-corrected chi connectivity index (χ4v) is 1.82. The lowest BCUT2D eigenvalue weighted by Crippen LogP contribution is -2.53. The van der Waals surface area contributed by atoms with Crippen molar-refractivity contribution in [2.24, 2.45) is 0 Å². The summed E-state index contributed by atoms with van der Waals surface area (Å²) in [6.45, 7) is 3.47. The van der Waals surface area contributed by atoms with Crippen molar-refractivity contribution >= 4 is 27.8 Å². The highest BCUT2D eigenvalue weighted by molar-refractivity contribution is 9.10. The molecule has 0 unspecified atom stereocenters. The summed E-state index contributed by atoms with van der Waals surface area (Å²) in [7, 11) is 0. The molecule has 2 N–H and O–H groups in total. The molecule has 0 atom stereocenters. The molecule has 0 fully saturated rings. The average Bonchev–Trinajstić information content (AvgIpc) is 2.36. The van der Waals surface area contributed by atoms with Gasteiger partial charge in [0.25, 0.3) is 5.91 Å². The summed E-state index contributed by atoms with van der Waals surface area (Å²) in [5.74, 6) is -1.45. The van der Waals surface area contributed by atoms with Gasteiger partial charge in [-0.1, -0.05) is 13.8 Å². The second-order valence-electron chi connectivity index (χ2n) is 3.92. The molecule has 6 heteroatoms. The van der Waals surface area contributed by atoms with Gasteiger partial charge in [-0.15, -0.1) is 0 Å². The minimum Gasteiger partial charge on any atom is -0.480 e. The van der Waals surface area contributed by atoms with Gasteiger partial charge in [-0.25, -0.2) is 9.78 Å². The van der Waals surface area contributed by atoms with Gasteiger partial charge in [-0.2, -0.15) is 0 Å². The van der Waals surface area contributed by atoms with Crippen LogP contribution in [-0.2, 0) is 4.79 Å². The third-order valence-electron chi connectivity index (χ3n) is 2.96. The van der Waals surface area contributed by atoms with Crippen LogP contribution in [0.4, 0.5) is 0 Å². The standard InChI is InChI=1S/C12H15BrN2O3/c1-3-12(4-2,11(17)18)15-10(16)8-5-6-9(13)14-7-8/h5-7H,3-4H2,1-2H3,(H,15,16)(H,17,18). The van der Waals surface area contributed by atoms with Gasteiger partial charge < -0.3 is 10.4 Å². The number of halogens is 1. The van der Waals surface area contributed by atoms with Crippen molar-refractivity contribution in [3.05, 3.63) is 28.5 Å². The summed E-state index contributed by atoms with van der Waals surface area (Å²) in [6.07, 6.45) is 2.06. The zero-order chi connectivity index (χ0) is 13.8. The molecule has 0 saturated carbocycles. The molecule has 1 aromatic rings. The Morgan fingerprint density at radius 1 is 1.39 bits per heavy atom.